The normalized spacial score (nSPS) is 30.5. The van der Waals surface area contributed by atoms with Crippen molar-refractivity contribution in [1.82, 2.24) is 10.9 Å². The molecule has 4 bridgehead atoms. The number of nitrogens with one attached hydrogen (secondary N) is 2. The molecule has 0 atom stereocenters. The van der Waals surface area contributed by atoms with Crippen LogP contribution in [0.1, 0.15) is 51.4 Å². The summed E-state index contributed by atoms with van der Waals surface area (Å²) in [5, 5.41) is 10.6. The summed E-state index contributed by atoms with van der Waals surface area (Å²) >= 11 is 0. The zero-order valence-corrected chi connectivity index (χ0v) is 17.5. The molecular formula is C26H30N4. The van der Waals surface area contributed by atoms with Gasteiger partial charge in [-0.2, -0.15) is 0 Å². The van der Waals surface area contributed by atoms with E-state index in [-0.39, 0.29) is 0 Å². The molecule has 2 N–H and O–H groups in total. The van der Waals surface area contributed by atoms with Gasteiger partial charge in [-0.1, -0.05) is 48.5 Å². The van der Waals surface area contributed by atoms with Crippen molar-refractivity contribution in [2.75, 3.05) is 10.0 Å². The fourth-order valence-electron chi connectivity index (χ4n) is 6.63. The largest absolute Gasteiger partial charge is 0.304 e. The highest BCUT2D eigenvalue weighted by atomic mass is 15.6. The third-order valence-corrected chi connectivity index (χ3v) is 8.12. The van der Waals surface area contributed by atoms with E-state index in [4.69, 9.17) is 0 Å². The molecule has 4 nitrogen and oxygen atoms in total. The van der Waals surface area contributed by atoms with Crippen molar-refractivity contribution in [2.24, 2.45) is 0 Å². The molecule has 2 saturated carbocycles. The van der Waals surface area contributed by atoms with Gasteiger partial charge in [-0.25, -0.2) is 10.9 Å². The third-order valence-electron chi connectivity index (χ3n) is 8.12. The van der Waals surface area contributed by atoms with Gasteiger partial charge >= 0.3 is 0 Å². The van der Waals surface area contributed by atoms with Gasteiger partial charge in [0.1, 0.15) is 0 Å². The van der Waals surface area contributed by atoms with Gasteiger partial charge in [0, 0.05) is 45.7 Å². The minimum Gasteiger partial charge on any atom is -0.304 e. The Labute approximate surface area is 178 Å². The number of fused-ring (bicyclic) bond motifs is 8. The first kappa shape index (κ1) is 17.4. The van der Waals surface area contributed by atoms with E-state index in [1.54, 1.807) is 0 Å². The maximum atomic E-state index is 3.88. The molecular weight excluding hydrogens is 368 g/mol. The highest BCUT2D eigenvalue weighted by Gasteiger charge is 2.38. The lowest BCUT2D eigenvalue weighted by Gasteiger charge is -2.49. The van der Waals surface area contributed by atoms with Crippen LogP contribution in [-0.2, 0) is 0 Å². The van der Waals surface area contributed by atoms with Crippen LogP contribution < -0.4 is 20.9 Å². The van der Waals surface area contributed by atoms with Crippen LogP contribution in [-0.4, -0.2) is 24.2 Å². The molecule has 0 aromatic heterocycles. The van der Waals surface area contributed by atoms with E-state index in [1.807, 2.05) is 0 Å². The van der Waals surface area contributed by atoms with Gasteiger partial charge in [0.2, 0.25) is 0 Å². The molecule has 9 rings (SSSR count). The van der Waals surface area contributed by atoms with E-state index in [2.05, 4.69) is 69.4 Å². The van der Waals surface area contributed by atoms with Crippen molar-refractivity contribution in [1.29, 1.82) is 0 Å². The number of nitrogens with zero attached hydrogens (tertiary/aromatic N) is 2. The average Bonchev–Trinajstić information content (AvgIpc) is 2.84. The molecule has 3 aromatic rings. The number of benzene rings is 3. The number of hydrogen-bond donors (Lipinski definition) is 2. The number of anilines is 2. The molecule has 0 amide bonds. The van der Waals surface area contributed by atoms with Crippen LogP contribution in [0.25, 0.3) is 21.5 Å². The second kappa shape index (κ2) is 6.60. The quantitative estimate of drug-likeness (QED) is 0.576. The smallest absolute Gasteiger partial charge is 0.0681 e. The summed E-state index contributed by atoms with van der Waals surface area (Å²) in [5.74, 6) is 0. The Bertz CT molecular complexity index is 964. The van der Waals surface area contributed by atoms with Crippen molar-refractivity contribution in [3.8, 4) is 0 Å². The fraction of sp³-hybridized carbons (Fsp3) is 0.462. The van der Waals surface area contributed by atoms with Gasteiger partial charge < -0.3 is 10.0 Å². The maximum Gasteiger partial charge on any atom is 0.0681 e. The van der Waals surface area contributed by atoms with Gasteiger partial charge in [-0.15, -0.1) is 0 Å². The third kappa shape index (κ3) is 2.47. The molecule has 30 heavy (non-hydrogen) atoms. The Kier molecular flexibility index (Phi) is 3.82. The second-order valence-electron chi connectivity index (χ2n) is 9.80. The Morgan fingerprint density at radius 2 is 0.833 bits per heavy atom. The van der Waals surface area contributed by atoms with Crippen LogP contribution >= 0.6 is 0 Å². The number of hydrogen-bond acceptors (Lipinski definition) is 4. The van der Waals surface area contributed by atoms with E-state index in [9.17, 15) is 0 Å². The molecule has 4 heterocycles. The number of hydrazine groups is 2. The molecule has 0 unspecified atom stereocenters. The van der Waals surface area contributed by atoms with Crippen LogP contribution in [0.4, 0.5) is 11.4 Å². The molecule has 0 radical (unpaired) electrons. The summed E-state index contributed by atoms with van der Waals surface area (Å²) in [6, 6.07) is 20.7. The molecule has 6 aliphatic rings. The van der Waals surface area contributed by atoms with E-state index >= 15 is 0 Å². The minimum absolute atomic E-state index is 0.608. The van der Waals surface area contributed by atoms with Gasteiger partial charge in [0.25, 0.3) is 0 Å². The molecule has 6 fully saturated rings. The Morgan fingerprint density at radius 1 is 0.500 bits per heavy atom. The Morgan fingerprint density at radius 3 is 1.10 bits per heavy atom. The average molecular weight is 399 g/mol. The van der Waals surface area contributed by atoms with E-state index in [1.165, 1.54) is 84.3 Å². The molecule has 154 valence electrons. The summed E-state index contributed by atoms with van der Waals surface area (Å²) in [6.45, 7) is 0. The Hall–Kier alpha value is -2.30. The molecule has 3 aromatic carbocycles. The zero-order chi connectivity index (χ0) is 19.7. The summed E-state index contributed by atoms with van der Waals surface area (Å²) < 4.78 is 0. The first-order valence-electron chi connectivity index (χ1n) is 11.9. The summed E-state index contributed by atoms with van der Waals surface area (Å²) in [7, 11) is 0. The molecule has 4 heteroatoms. The monoisotopic (exact) mass is 398 g/mol. The predicted molar refractivity (Wildman–Crippen MR) is 125 cm³/mol. The van der Waals surface area contributed by atoms with Crippen molar-refractivity contribution in [3.63, 3.8) is 0 Å². The first-order valence-corrected chi connectivity index (χ1v) is 11.9. The lowest BCUT2D eigenvalue weighted by Crippen LogP contribution is -2.60. The van der Waals surface area contributed by atoms with E-state index in [0.717, 1.165) is 0 Å². The van der Waals surface area contributed by atoms with Crippen molar-refractivity contribution < 1.29 is 0 Å². The van der Waals surface area contributed by atoms with Crippen molar-refractivity contribution in [2.45, 2.75) is 75.5 Å². The van der Waals surface area contributed by atoms with Gasteiger partial charge in [-0.3, -0.25) is 0 Å². The Balaban J connectivity index is 1.50. The molecule has 4 saturated heterocycles. The van der Waals surface area contributed by atoms with Crippen molar-refractivity contribution in [3.05, 3.63) is 48.5 Å². The summed E-state index contributed by atoms with van der Waals surface area (Å²) in [4.78, 5) is 0. The van der Waals surface area contributed by atoms with Crippen LogP contribution in [0.2, 0.25) is 0 Å². The van der Waals surface area contributed by atoms with E-state index < -0.39 is 0 Å². The van der Waals surface area contributed by atoms with Gasteiger partial charge in [-0.05, 0) is 51.4 Å². The molecule has 2 aliphatic carbocycles. The topological polar surface area (TPSA) is 30.5 Å². The highest BCUT2D eigenvalue weighted by molar-refractivity contribution is 6.20. The SMILES string of the molecule is c1ccc2c(N3NC4CCC3CC4)c3ccccc3c(N3NC4CCC3CC4)c2c1. The summed E-state index contributed by atoms with van der Waals surface area (Å²) in [6.07, 6.45) is 10.5. The number of rotatable bonds is 2. The van der Waals surface area contributed by atoms with Crippen LogP contribution in [0, 0.1) is 0 Å². The predicted octanol–water partition coefficient (Wildman–Crippen LogP) is 5.26. The fourth-order valence-corrected chi connectivity index (χ4v) is 6.63. The highest BCUT2D eigenvalue weighted by Crippen LogP contribution is 2.47. The second-order valence-corrected chi connectivity index (χ2v) is 9.80. The zero-order valence-electron chi connectivity index (χ0n) is 17.5. The summed E-state index contributed by atoms with van der Waals surface area (Å²) in [5.41, 5.74) is 10.5. The lowest BCUT2D eigenvalue weighted by molar-refractivity contribution is 0.240. The lowest BCUT2D eigenvalue weighted by atomic mass is 9.86. The van der Waals surface area contributed by atoms with E-state index in [0.29, 0.717) is 24.2 Å². The van der Waals surface area contributed by atoms with Crippen LogP contribution in [0.5, 0.6) is 0 Å². The first-order chi connectivity index (χ1) is 14.9. The molecule has 0 spiro atoms. The van der Waals surface area contributed by atoms with Crippen LogP contribution in [0.3, 0.4) is 0 Å². The van der Waals surface area contributed by atoms with Gasteiger partial charge in [0.05, 0.1) is 11.4 Å². The van der Waals surface area contributed by atoms with Gasteiger partial charge in [0.15, 0.2) is 0 Å². The maximum absolute atomic E-state index is 3.88. The standard InChI is InChI=1S/C26H30N4/c1-2-6-22-21(5-1)25(29-19-13-9-17(27-29)10-14-19)23-7-3-4-8-24(23)26(22)30-20-15-11-18(28-30)12-16-20/h1-8,17-20,27-28H,9-16H2. The minimum atomic E-state index is 0.608. The van der Waals surface area contributed by atoms with Crippen LogP contribution in [0.15, 0.2) is 48.5 Å². The molecule has 4 aliphatic heterocycles. The van der Waals surface area contributed by atoms with Crippen molar-refractivity contribution >= 4 is 32.9 Å².